The molecule has 0 radical (unpaired) electrons. The van der Waals surface area contributed by atoms with Crippen molar-refractivity contribution in [1.82, 2.24) is 4.57 Å². The highest BCUT2D eigenvalue weighted by atomic mass is 19.4. The molecule has 0 saturated carbocycles. The molecule has 2 aromatic rings. The van der Waals surface area contributed by atoms with Gasteiger partial charge in [-0.3, -0.25) is 4.79 Å². The van der Waals surface area contributed by atoms with E-state index in [0.29, 0.717) is 41.8 Å². The number of aromatic nitrogens is 1. The van der Waals surface area contributed by atoms with Crippen molar-refractivity contribution in [1.29, 1.82) is 0 Å². The number of aliphatic hydroxyl groups is 1. The number of benzene rings is 1. The fourth-order valence-electron chi connectivity index (χ4n) is 3.59. The van der Waals surface area contributed by atoms with Crippen molar-refractivity contribution < 1.29 is 27.8 Å². The molecule has 0 unspecified atom stereocenters. The van der Waals surface area contributed by atoms with Crippen LogP contribution in [0, 0.1) is 6.92 Å². The van der Waals surface area contributed by atoms with Gasteiger partial charge in [-0.05, 0) is 43.9 Å². The number of carbonyl (C=O) groups is 1. The molecule has 0 fully saturated rings. The number of nitrogens with zero attached hydrogens (tertiary/aromatic N) is 1. The van der Waals surface area contributed by atoms with Gasteiger partial charge in [0.2, 0.25) is 0 Å². The zero-order chi connectivity index (χ0) is 21.6. The van der Waals surface area contributed by atoms with Crippen LogP contribution < -0.4 is 10.5 Å². The molecule has 1 heterocycles. The monoisotopic (exact) mass is 412 g/mol. The van der Waals surface area contributed by atoms with Crippen molar-refractivity contribution in [3.05, 3.63) is 41.2 Å². The van der Waals surface area contributed by atoms with E-state index in [2.05, 4.69) is 11.7 Å². The van der Waals surface area contributed by atoms with Gasteiger partial charge >= 0.3 is 6.36 Å². The first kappa shape index (κ1) is 22.8. The Morgan fingerprint density at radius 3 is 2.55 bits per heavy atom. The first-order valence-corrected chi connectivity index (χ1v) is 9.68. The van der Waals surface area contributed by atoms with Gasteiger partial charge in [0.15, 0.2) is 0 Å². The van der Waals surface area contributed by atoms with Crippen molar-refractivity contribution in [2.24, 2.45) is 5.73 Å². The molecule has 3 N–H and O–H groups in total. The Kier molecular flexibility index (Phi) is 7.73. The first-order valence-electron chi connectivity index (χ1n) is 9.68. The molecule has 0 saturated heterocycles. The Morgan fingerprint density at radius 1 is 1.24 bits per heavy atom. The van der Waals surface area contributed by atoms with E-state index >= 15 is 0 Å². The molecule has 1 aromatic heterocycles. The minimum absolute atomic E-state index is 0.0117. The molecule has 0 aliphatic rings. The largest absolute Gasteiger partial charge is 0.573 e. The lowest BCUT2D eigenvalue weighted by molar-refractivity contribution is -0.274. The number of alkyl halides is 3. The number of carbonyl (C=O) groups excluding carboxylic acids is 1. The maximum Gasteiger partial charge on any atom is 0.573 e. The van der Waals surface area contributed by atoms with Crippen molar-refractivity contribution in [2.75, 3.05) is 6.61 Å². The summed E-state index contributed by atoms with van der Waals surface area (Å²) in [5.74, 6) is -0.996. The smallest absolute Gasteiger partial charge is 0.406 e. The van der Waals surface area contributed by atoms with Crippen LogP contribution in [0.4, 0.5) is 13.2 Å². The summed E-state index contributed by atoms with van der Waals surface area (Å²) in [5, 5.41) is 9.24. The van der Waals surface area contributed by atoms with Crippen LogP contribution in [-0.2, 0) is 13.0 Å². The maximum atomic E-state index is 12.7. The van der Waals surface area contributed by atoms with Gasteiger partial charge in [0.1, 0.15) is 5.75 Å². The zero-order valence-corrected chi connectivity index (χ0v) is 16.7. The lowest BCUT2D eigenvalue weighted by Gasteiger charge is -2.14. The molecule has 0 aliphatic carbocycles. The minimum atomic E-state index is -4.81. The molecule has 8 heteroatoms. The van der Waals surface area contributed by atoms with Gasteiger partial charge in [-0.1, -0.05) is 31.9 Å². The molecular weight excluding hydrogens is 385 g/mol. The van der Waals surface area contributed by atoms with E-state index in [9.17, 15) is 23.1 Å². The molecular formula is C21H27F3N2O3. The summed E-state index contributed by atoms with van der Waals surface area (Å²) >= 11 is 0. The summed E-state index contributed by atoms with van der Waals surface area (Å²) in [6.07, 6.45) is -0.824. The normalized spacial score (nSPS) is 11.7. The summed E-state index contributed by atoms with van der Waals surface area (Å²) < 4.78 is 43.9. The number of amides is 1. The van der Waals surface area contributed by atoms with E-state index in [1.54, 1.807) is 13.0 Å². The Labute approximate surface area is 168 Å². The van der Waals surface area contributed by atoms with Crippen LogP contribution in [-0.4, -0.2) is 28.6 Å². The van der Waals surface area contributed by atoms with Crippen LogP contribution in [0.15, 0.2) is 24.3 Å². The van der Waals surface area contributed by atoms with Crippen LogP contribution in [0.3, 0.4) is 0 Å². The number of rotatable bonds is 10. The van der Waals surface area contributed by atoms with E-state index in [4.69, 9.17) is 5.73 Å². The van der Waals surface area contributed by atoms with Crippen LogP contribution in [0.25, 0.3) is 11.1 Å². The van der Waals surface area contributed by atoms with E-state index < -0.39 is 12.3 Å². The summed E-state index contributed by atoms with van der Waals surface area (Å²) in [5.41, 5.74) is 8.40. The molecule has 1 aromatic carbocycles. The van der Waals surface area contributed by atoms with E-state index in [1.165, 1.54) is 18.2 Å². The SMILES string of the molecule is CCCCCc1c(-c2cccc(OC(F)(F)F)c2)c(C(N)=O)c(C)n1CCCO. The molecule has 5 nitrogen and oxygen atoms in total. The predicted octanol–water partition coefficient (Wildman–Crippen LogP) is 4.58. The van der Waals surface area contributed by atoms with Crippen LogP contribution in [0.5, 0.6) is 5.75 Å². The Bertz CT molecular complexity index is 844. The molecule has 2 rings (SSSR count). The number of ether oxygens (including phenoxy) is 1. The summed E-state index contributed by atoms with van der Waals surface area (Å²) in [4.78, 5) is 12.2. The fourth-order valence-corrected chi connectivity index (χ4v) is 3.59. The number of hydrogen-bond donors (Lipinski definition) is 2. The standard InChI is InChI=1S/C21H27F3N2O3/c1-3-4-5-10-17-19(15-8-6-9-16(13-15)29-21(22,23)24)18(20(25)28)14(2)26(17)11-7-12-27/h6,8-9,13,27H,3-5,7,10-12H2,1-2H3,(H2,25,28). The quantitative estimate of drug-likeness (QED) is 0.561. The number of nitrogens with two attached hydrogens (primary N) is 1. The number of hydrogen-bond acceptors (Lipinski definition) is 3. The Morgan fingerprint density at radius 2 is 1.97 bits per heavy atom. The number of unbranched alkanes of at least 4 members (excludes halogenated alkanes) is 2. The summed E-state index contributed by atoms with van der Waals surface area (Å²) in [6, 6.07) is 5.59. The predicted molar refractivity (Wildman–Crippen MR) is 105 cm³/mol. The van der Waals surface area contributed by atoms with Gasteiger partial charge in [-0.2, -0.15) is 0 Å². The molecule has 1 amide bonds. The van der Waals surface area contributed by atoms with Crippen molar-refractivity contribution in [2.45, 2.75) is 58.9 Å². The van der Waals surface area contributed by atoms with Gasteiger partial charge in [-0.15, -0.1) is 13.2 Å². The van der Waals surface area contributed by atoms with Crippen LogP contribution in [0.1, 0.15) is 54.4 Å². The highest BCUT2D eigenvalue weighted by Crippen LogP contribution is 2.36. The molecule has 160 valence electrons. The average molecular weight is 412 g/mol. The maximum absolute atomic E-state index is 12.7. The van der Waals surface area contributed by atoms with E-state index in [-0.39, 0.29) is 12.4 Å². The third kappa shape index (κ3) is 5.76. The second-order valence-corrected chi connectivity index (χ2v) is 6.91. The Balaban J connectivity index is 2.64. The van der Waals surface area contributed by atoms with Gasteiger partial charge in [0, 0.05) is 30.1 Å². The molecule has 0 spiro atoms. The summed E-state index contributed by atoms with van der Waals surface area (Å²) in [7, 11) is 0. The number of aliphatic hydroxyl groups excluding tert-OH is 1. The van der Waals surface area contributed by atoms with E-state index in [0.717, 1.165) is 25.0 Å². The fraction of sp³-hybridized carbons (Fsp3) is 0.476. The first-order chi connectivity index (χ1) is 13.7. The lowest BCUT2D eigenvalue weighted by atomic mass is 9.97. The van der Waals surface area contributed by atoms with Crippen LogP contribution in [0.2, 0.25) is 0 Å². The second kappa shape index (κ2) is 9.82. The molecule has 0 atom stereocenters. The van der Waals surface area contributed by atoms with Crippen molar-refractivity contribution in [3.8, 4) is 16.9 Å². The van der Waals surface area contributed by atoms with Gasteiger partial charge in [0.05, 0.1) is 5.56 Å². The molecule has 0 aliphatic heterocycles. The zero-order valence-electron chi connectivity index (χ0n) is 16.7. The highest BCUT2D eigenvalue weighted by molar-refractivity contribution is 6.02. The second-order valence-electron chi connectivity index (χ2n) is 6.91. The topological polar surface area (TPSA) is 77.5 Å². The van der Waals surface area contributed by atoms with Crippen LogP contribution >= 0.6 is 0 Å². The van der Waals surface area contributed by atoms with Gasteiger partial charge in [0.25, 0.3) is 5.91 Å². The summed E-state index contributed by atoms with van der Waals surface area (Å²) in [6.45, 7) is 4.31. The average Bonchev–Trinajstić information content (AvgIpc) is 2.91. The highest BCUT2D eigenvalue weighted by Gasteiger charge is 2.31. The van der Waals surface area contributed by atoms with Gasteiger partial charge in [-0.25, -0.2) is 0 Å². The van der Waals surface area contributed by atoms with Gasteiger partial charge < -0.3 is 20.1 Å². The number of halogens is 3. The minimum Gasteiger partial charge on any atom is -0.406 e. The third-order valence-electron chi connectivity index (χ3n) is 4.79. The lowest BCUT2D eigenvalue weighted by Crippen LogP contribution is -2.17. The number of primary amides is 1. The molecule has 0 bridgehead atoms. The van der Waals surface area contributed by atoms with E-state index in [1.807, 2.05) is 4.57 Å². The Hall–Kier alpha value is -2.48. The van der Waals surface area contributed by atoms with Crippen molar-refractivity contribution in [3.63, 3.8) is 0 Å². The molecule has 29 heavy (non-hydrogen) atoms. The third-order valence-corrected chi connectivity index (χ3v) is 4.79. The van der Waals surface area contributed by atoms with Crippen molar-refractivity contribution >= 4 is 5.91 Å².